The first kappa shape index (κ1) is 11.9. The third-order valence-corrected chi connectivity index (χ3v) is 6.32. The lowest BCUT2D eigenvalue weighted by Gasteiger charge is -2.36. The van der Waals surface area contributed by atoms with Gasteiger partial charge in [0.1, 0.15) is 0 Å². The van der Waals surface area contributed by atoms with Gasteiger partial charge in [0.15, 0.2) is 0 Å². The van der Waals surface area contributed by atoms with Crippen molar-refractivity contribution in [1.29, 1.82) is 0 Å². The van der Waals surface area contributed by atoms with E-state index < -0.39 is 0 Å². The van der Waals surface area contributed by atoms with E-state index >= 15 is 0 Å². The molecular formula is C17H21NS. The van der Waals surface area contributed by atoms with Gasteiger partial charge in [-0.15, -0.1) is 11.3 Å². The van der Waals surface area contributed by atoms with Crippen LogP contribution >= 0.6 is 11.3 Å². The summed E-state index contributed by atoms with van der Waals surface area (Å²) < 4.78 is 1.46. The molecule has 1 heterocycles. The fraction of sp³-hybridized carbons (Fsp3) is 0.529. The van der Waals surface area contributed by atoms with Crippen molar-refractivity contribution in [3.8, 4) is 0 Å². The molecule has 0 N–H and O–H groups in total. The monoisotopic (exact) mass is 271 g/mol. The van der Waals surface area contributed by atoms with Crippen LogP contribution in [0.1, 0.15) is 30.7 Å². The molecule has 2 fully saturated rings. The van der Waals surface area contributed by atoms with Gasteiger partial charge in [0.25, 0.3) is 0 Å². The lowest BCUT2D eigenvalue weighted by Crippen LogP contribution is -2.38. The van der Waals surface area contributed by atoms with Gasteiger partial charge in [-0.25, -0.2) is 0 Å². The Bertz CT molecular complexity index is 600. The zero-order chi connectivity index (χ0) is 13.0. The first-order chi connectivity index (χ1) is 9.25. The summed E-state index contributed by atoms with van der Waals surface area (Å²) in [7, 11) is 4.54. The van der Waals surface area contributed by atoms with E-state index in [0.717, 1.165) is 23.8 Å². The summed E-state index contributed by atoms with van der Waals surface area (Å²) >= 11 is 1.92. The highest BCUT2D eigenvalue weighted by atomic mass is 32.1. The van der Waals surface area contributed by atoms with Gasteiger partial charge in [0.05, 0.1) is 0 Å². The maximum atomic E-state index is 2.49. The molecule has 4 unspecified atom stereocenters. The van der Waals surface area contributed by atoms with E-state index in [2.05, 4.69) is 48.6 Å². The van der Waals surface area contributed by atoms with Gasteiger partial charge >= 0.3 is 0 Å². The van der Waals surface area contributed by atoms with Crippen LogP contribution in [0.15, 0.2) is 29.6 Å². The van der Waals surface area contributed by atoms with Crippen LogP contribution in [0.25, 0.3) is 10.1 Å². The van der Waals surface area contributed by atoms with Crippen LogP contribution in [-0.2, 0) is 0 Å². The second-order valence-electron chi connectivity index (χ2n) is 6.50. The van der Waals surface area contributed by atoms with Gasteiger partial charge in [-0.05, 0) is 67.6 Å². The van der Waals surface area contributed by atoms with Crippen molar-refractivity contribution in [1.82, 2.24) is 4.90 Å². The summed E-state index contributed by atoms with van der Waals surface area (Å²) in [6.07, 6.45) is 4.35. The van der Waals surface area contributed by atoms with Crippen LogP contribution in [0.5, 0.6) is 0 Å². The smallest absolute Gasteiger partial charge is 0.0345 e. The molecule has 0 amide bonds. The first-order valence-electron chi connectivity index (χ1n) is 7.38. The number of nitrogens with zero attached hydrogens (tertiary/aromatic N) is 1. The fourth-order valence-electron chi connectivity index (χ4n) is 4.70. The zero-order valence-corrected chi connectivity index (χ0v) is 12.5. The molecule has 0 spiro atoms. The maximum absolute atomic E-state index is 2.49. The van der Waals surface area contributed by atoms with Crippen molar-refractivity contribution >= 4 is 21.4 Å². The largest absolute Gasteiger partial charge is 0.306 e. The van der Waals surface area contributed by atoms with Crippen molar-refractivity contribution in [3.05, 3.63) is 35.2 Å². The summed E-state index contributed by atoms with van der Waals surface area (Å²) in [5.41, 5.74) is 1.63. The molecule has 0 saturated heterocycles. The molecule has 19 heavy (non-hydrogen) atoms. The second kappa shape index (κ2) is 4.32. The van der Waals surface area contributed by atoms with E-state index in [9.17, 15) is 0 Å². The third kappa shape index (κ3) is 1.70. The fourth-order valence-corrected chi connectivity index (χ4v) is 5.71. The van der Waals surface area contributed by atoms with Crippen LogP contribution < -0.4 is 0 Å². The lowest BCUT2D eigenvalue weighted by atomic mass is 9.79. The maximum Gasteiger partial charge on any atom is 0.0345 e. The minimum absolute atomic E-state index is 0.761. The number of thiophene rings is 1. The highest BCUT2D eigenvalue weighted by Crippen LogP contribution is 2.55. The van der Waals surface area contributed by atoms with Crippen molar-refractivity contribution in [2.24, 2.45) is 11.8 Å². The number of likely N-dealkylation sites (N-methyl/N-ethyl adjacent to an activating group) is 1. The summed E-state index contributed by atoms with van der Waals surface area (Å²) in [5.74, 6) is 2.63. The molecule has 2 saturated carbocycles. The average Bonchev–Trinajstić information content (AvgIpc) is 3.11. The Labute approximate surface area is 119 Å². The van der Waals surface area contributed by atoms with E-state index in [1.165, 1.54) is 29.3 Å². The quantitative estimate of drug-likeness (QED) is 0.785. The van der Waals surface area contributed by atoms with E-state index in [-0.39, 0.29) is 0 Å². The predicted molar refractivity (Wildman–Crippen MR) is 82.9 cm³/mol. The van der Waals surface area contributed by atoms with Crippen LogP contribution in [0.4, 0.5) is 0 Å². The first-order valence-corrected chi connectivity index (χ1v) is 8.26. The molecule has 2 aliphatic rings. The topological polar surface area (TPSA) is 3.24 Å². The Kier molecular flexibility index (Phi) is 2.71. The molecule has 1 aromatic heterocycles. The third-order valence-electron chi connectivity index (χ3n) is 5.34. The summed E-state index contributed by atoms with van der Waals surface area (Å²) in [4.78, 5) is 2.49. The van der Waals surface area contributed by atoms with E-state index in [4.69, 9.17) is 0 Å². The molecule has 2 heteroatoms. The zero-order valence-electron chi connectivity index (χ0n) is 11.7. The Morgan fingerprint density at radius 3 is 2.74 bits per heavy atom. The van der Waals surface area contributed by atoms with Gasteiger partial charge in [0, 0.05) is 16.7 Å². The van der Waals surface area contributed by atoms with Crippen molar-refractivity contribution in [2.45, 2.75) is 31.2 Å². The number of hydrogen-bond acceptors (Lipinski definition) is 2. The number of rotatable bonds is 2. The molecule has 2 aliphatic carbocycles. The van der Waals surface area contributed by atoms with E-state index in [0.29, 0.717) is 0 Å². The summed E-state index contributed by atoms with van der Waals surface area (Å²) in [6, 6.07) is 9.70. The van der Waals surface area contributed by atoms with Gasteiger partial charge in [-0.1, -0.05) is 18.2 Å². The number of benzene rings is 1. The Hall–Kier alpha value is -0.860. The van der Waals surface area contributed by atoms with Gasteiger partial charge in [0.2, 0.25) is 0 Å². The Morgan fingerprint density at radius 2 is 1.89 bits per heavy atom. The molecule has 4 rings (SSSR count). The lowest BCUT2D eigenvalue weighted by molar-refractivity contribution is 0.186. The van der Waals surface area contributed by atoms with Crippen LogP contribution in [0, 0.1) is 11.8 Å². The normalized spacial score (nSPS) is 33.6. The summed E-state index contributed by atoms with van der Waals surface area (Å²) in [5, 5.41) is 3.95. The van der Waals surface area contributed by atoms with Crippen LogP contribution in [0.3, 0.4) is 0 Å². The van der Waals surface area contributed by atoms with Gasteiger partial charge in [-0.3, -0.25) is 0 Å². The van der Waals surface area contributed by atoms with Crippen LogP contribution in [0.2, 0.25) is 0 Å². The summed E-state index contributed by atoms with van der Waals surface area (Å²) in [6.45, 7) is 0. The molecule has 0 radical (unpaired) electrons. The van der Waals surface area contributed by atoms with Gasteiger partial charge in [-0.2, -0.15) is 0 Å². The molecule has 2 aromatic rings. The van der Waals surface area contributed by atoms with E-state index in [1.807, 2.05) is 11.3 Å². The van der Waals surface area contributed by atoms with Crippen molar-refractivity contribution in [2.75, 3.05) is 14.1 Å². The van der Waals surface area contributed by atoms with Crippen molar-refractivity contribution < 1.29 is 0 Å². The van der Waals surface area contributed by atoms with Gasteiger partial charge < -0.3 is 4.90 Å². The minimum atomic E-state index is 0.761. The molecule has 4 atom stereocenters. The molecule has 100 valence electrons. The minimum Gasteiger partial charge on any atom is -0.306 e. The standard InChI is InChI=1S/C17H21NS/c1-18(2)17-12-8-7-11(9-12)16(17)14-10-19-15-6-4-3-5-13(14)15/h3-6,10-12,16-17H,7-9H2,1-2H3. The number of hydrogen-bond donors (Lipinski definition) is 0. The Balaban J connectivity index is 1.82. The highest BCUT2D eigenvalue weighted by molar-refractivity contribution is 7.17. The predicted octanol–water partition coefficient (Wildman–Crippen LogP) is 4.35. The number of fused-ring (bicyclic) bond motifs is 3. The SMILES string of the molecule is CN(C)C1C2CCC(C2)C1c1csc2ccccc12. The van der Waals surface area contributed by atoms with E-state index in [1.54, 1.807) is 5.56 Å². The average molecular weight is 271 g/mol. The molecule has 1 aromatic carbocycles. The molecule has 2 bridgehead atoms. The molecule has 1 nitrogen and oxygen atoms in total. The highest BCUT2D eigenvalue weighted by Gasteiger charge is 2.49. The Morgan fingerprint density at radius 1 is 1.11 bits per heavy atom. The molecule has 0 aliphatic heterocycles. The van der Waals surface area contributed by atoms with Crippen molar-refractivity contribution in [3.63, 3.8) is 0 Å². The van der Waals surface area contributed by atoms with Crippen LogP contribution in [-0.4, -0.2) is 25.0 Å². The molecular weight excluding hydrogens is 250 g/mol. The second-order valence-corrected chi connectivity index (χ2v) is 7.41.